The van der Waals surface area contributed by atoms with E-state index >= 15 is 0 Å². The topological polar surface area (TPSA) is 78.0 Å². The number of nitrogen functional groups attached to an aromatic ring is 1. The first-order valence-electron chi connectivity index (χ1n) is 10.1. The van der Waals surface area contributed by atoms with Gasteiger partial charge >= 0.3 is 0 Å². The van der Waals surface area contributed by atoms with E-state index in [-0.39, 0.29) is 22.5 Å². The second-order valence-electron chi connectivity index (χ2n) is 8.10. The number of aryl methyl sites for hydroxylation is 1. The van der Waals surface area contributed by atoms with Gasteiger partial charge in [-0.25, -0.2) is 13.8 Å². The van der Waals surface area contributed by atoms with Crippen molar-refractivity contribution in [1.29, 1.82) is 0 Å². The van der Waals surface area contributed by atoms with Gasteiger partial charge in [-0.05, 0) is 50.6 Å². The number of anilines is 1. The molecule has 156 valence electrons. The molecule has 5 rings (SSSR count). The maximum absolute atomic E-state index is 14.1. The van der Waals surface area contributed by atoms with E-state index in [0.717, 1.165) is 43.7 Å². The lowest BCUT2D eigenvalue weighted by Crippen LogP contribution is -2.25. The van der Waals surface area contributed by atoms with Gasteiger partial charge in [0.15, 0.2) is 11.6 Å². The molecule has 3 N–H and O–H groups in total. The van der Waals surface area contributed by atoms with Crippen LogP contribution in [0.15, 0.2) is 36.5 Å². The van der Waals surface area contributed by atoms with E-state index in [9.17, 15) is 8.78 Å². The fraction of sp³-hybridized carbons (Fsp3) is 0.364. The molecule has 8 heteroatoms. The van der Waals surface area contributed by atoms with Gasteiger partial charge in [-0.1, -0.05) is 6.07 Å². The minimum atomic E-state index is -0.870. The summed E-state index contributed by atoms with van der Waals surface area (Å²) < 4.78 is 36.1. The first-order chi connectivity index (χ1) is 14.5. The second-order valence-corrected chi connectivity index (χ2v) is 8.10. The van der Waals surface area contributed by atoms with Crippen LogP contribution in [0.2, 0.25) is 0 Å². The Morgan fingerprint density at radius 3 is 2.77 bits per heavy atom. The number of nitrogens with one attached hydrogen (secondary N) is 1. The standard InChI is InChI=1S/C22H23F2N5O/c1-13(20-15(23)3-2-4-16(20)24)30-18-9-14(11-27-21(18)25)17-10-19-22(5-7-26-12-22)6-8-29(19)28-17/h2-4,9-11,13,26H,5-8,12H2,1H3,(H2,25,27)/t13?,22-/m1/s1. The molecule has 0 radical (unpaired) electrons. The number of pyridine rings is 1. The van der Waals surface area contributed by atoms with Crippen molar-refractivity contribution in [3.63, 3.8) is 0 Å². The molecule has 1 unspecified atom stereocenters. The van der Waals surface area contributed by atoms with E-state index in [4.69, 9.17) is 15.6 Å². The highest BCUT2D eigenvalue weighted by Crippen LogP contribution is 2.41. The van der Waals surface area contributed by atoms with Gasteiger partial charge in [-0.15, -0.1) is 0 Å². The number of fused-ring (bicyclic) bond motifs is 2. The molecular formula is C22H23F2N5O. The molecule has 6 nitrogen and oxygen atoms in total. The Hall–Kier alpha value is -3.00. The minimum absolute atomic E-state index is 0.140. The van der Waals surface area contributed by atoms with Gasteiger partial charge in [0.25, 0.3) is 0 Å². The van der Waals surface area contributed by atoms with Crippen molar-refractivity contribution in [2.75, 3.05) is 18.8 Å². The fourth-order valence-corrected chi connectivity index (χ4v) is 4.62. The number of halogens is 2. The summed E-state index contributed by atoms with van der Waals surface area (Å²) in [5.41, 5.74) is 8.78. The Labute approximate surface area is 173 Å². The summed E-state index contributed by atoms with van der Waals surface area (Å²) in [6.07, 6.45) is 2.99. The van der Waals surface area contributed by atoms with Crippen molar-refractivity contribution in [3.8, 4) is 17.0 Å². The molecule has 2 aliphatic rings. The van der Waals surface area contributed by atoms with Crippen molar-refractivity contribution in [2.45, 2.75) is 37.8 Å². The van der Waals surface area contributed by atoms with Crippen LogP contribution in [0.1, 0.15) is 37.1 Å². The molecule has 0 bridgehead atoms. The second kappa shape index (κ2) is 7.05. The molecule has 2 aromatic heterocycles. The number of nitrogens with zero attached hydrogens (tertiary/aromatic N) is 3. The SMILES string of the molecule is CC(Oc1cc(-c2cc3n(n2)CC[C@@]32CCNC2)cnc1N)c1c(F)cccc1F. The monoisotopic (exact) mass is 411 g/mol. The lowest BCUT2D eigenvalue weighted by Gasteiger charge is -2.20. The van der Waals surface area contributed by atoms with Gasteiger partial charge in [0.05, 0.1) is 11.3 Å². The third kappa shape index (κ3) is 3.02. The van der Waals surface area contributed by atoms with Crippen molar-refractivity contribution in [3.05, 3.63) is 59.4 Å². The van der Waals surface area contributed by atoms with E-state index in [2.05, 4.69) is 21.0 Å². The average Bonchev–Trinajstić information content (AvgIpc) is 3.42. The first-order valence-corrected chi connectivity index (χ1v) is 10.1. The Bertz CT molecular complexity index is 1090. The molecule has 0 aliphatic carbocycles. The fourth-order valence-electron chi connectivity index (χ4n) is 4.62. The zero-order valence-electron chi connectivity index (χ0n) is 16.7. The number of benzene rings is 1. The van der Waals surface area contributed by atoms with Gasteiger partial charge in [0.1, 0.15) is 17.7 Å². The lowest BCUT2D eigenvalue weighted by atomic mass is 9.82. The van der Waals surface area contributed by atoms with Crippen LogP contribution in [-0.2, 0) is 12.0 Å². The van der Waals surface area contributed by atoms with E-state index in [1.54, 1.807) is 19.2 Å². The van der Waals surface area contributed by atoms with Crippen LogP contribution in [-0.4, -0.2) is 27.9 Å². The quantitative estimate of drug-likeness (QED) is 0.686. The van der Waals surface area contributed by atoms with Crippen LogP contribution in [0, 0.1) is 11.6 Å². The molecule has 2 aliphatic heterocycles. The van der Waals surface area contributed by atoms with Crippen molar-refractivity contribution >= 4 is 5.82 Å². The first kappa shape index (κ1) is 19.0. The maximum Gasteiger partial charge on any atom is 0.166 e. The van der Waals surface area contributed by atoms with Gasteiger partial charge in [0.2, 0.25) is 0 Å². The Kier molecular flexibility index (Phi) is 4.47. The zero-order chi connectivity index (χ0) is 20.9. The molecule has 4 heterocycles. The summed E-state index contributed by atoms with van der Waals surface area (Å²) in [5.74, 6) is -0.893. The summed E-state index contributed by atoms with van der Waals surface area (Å²) in [7, 11) is 0. The van der Waals surface area contributed by atoms with Crippen LogP contribution < -0.4 is 15.8 Å². The van der Waals surface area contributed by atoms with E-state index in [1.165, 1.54) is 23.9 Å². The molecule has 3 aromatic rings. The molecular weight excluding hydrogens is 388 g/mol. The van der Waals surface area contributed by atoms with Crippen molar-refractivity contribution < 1.29 is 13.5 Å². The van der Waals surface area contributed by atoms with Crippen LogP contribution in [0.4, 0.5) is 14.6 Å². The number of nitrogens with two attached hydrogens (primary N) is 1. The molecule has 1 fully saturated rings. The predicted octanol–water partition coefficient (Wildman–Crippen LogP) is 3.58. The highest BCUT2D eigenvalue weighted by molar-refractivity contribution is 5.64. The number of ether oxygens (including phenoxy) is 1. The minimum Gasteiger partial charge on any atom is -0.482 e. The normalized spacial score (nSPS) is 21.2. The zero-order valence-corrected chi connectivity index (χ0v) is 16.7. The van der Waals surface area contributed by atoms with Crippen LogP contribution >= 0.6 is 0 Å². The molecule has 1 spiro atoms. The summed E-state index contributed by atoms with van der Waals surface area (Å²) in [6, 6.07) is 7.57. The lowest BCUT2D eigenvalue weighted by molar-refractivity contribution is 0.216. The highest BCUT2D eigenvalue weighted by atomic mass is 19.1. The van der Waals surface area contributed by atoms with Crippen LogP contribution in [0.5, 0.6) is 5.75 Å². The number of hydrogen-bond acceptors (Lipinski definition) is 5. The van der Waals surface area contributed by atoms with Crippen LogP contribution in [0.3, 0.4) is 0 Å². The molecule has 30 heavy (non-hydrogen) atoms. The molecule has 1 saturated heterocycles. The molecule has 1 aromatic carbocycles. The predicted molar refractivity (Wildman–Crippen MR) is 109 cm³/mol. The average molecular weight is 411 g/mol. The van der Waals surface area contributed by atoms with Gasteiger partial charge in [0, 0.05) is 36.0 Å². The van der Waals surface area contributed by atoms with E-state index in [1.807, 2.05) is 0 Å². The Balaban J connectivity index is 1.45. The smallest absolute Gasteiger partial charge is 0.166 e. The molecule has 0 saturated carbocycles. The van der Waals surface area contributed by atoms with E-state index < -0.39 is 17.7 Å². The van der Waals surface area contributed by atoms with Gasteiger partial charge in [-0.2, -0.15) is 5.10 Å². The van der Waals surface area contributed by atoms with Gasteiger partial charge in [-0.3, -0.25) is 4.68 Å². The third-order valence-electron chi connectivity index (χ3n) is 6.26. The summed E-state index contributed by atoms with van der Waals surface area (Å²) in [4.78, 5) is 4.22. The molecule has 0 amide bonds. The van der Waals surface area contributed by atoms with E-state index in [0.29, 0.717) is 0 Å². The van der Waals surface area contributed by atoms with Crippen LogP contribution in [0.25, 0.3) is 11.3 Å². The third-order valence-corrected chi connectivity index (χ3v) is 6.26. The highest BCUT2D eigenvalue weighted by Gasteiger charge is 2.42. The summed E-state index contributed by atoms with van der Waals surface area (Å²) in [6.45, 7) is 4.46. The van der Waals surface area contributed by atoms with Gasteiger partial charge < -0.3 is 15.8 Å². The summed E-state index contributed by atoms with van der Waals surface area (Å²) in [5, 5.41) is 8.21. The summed E-state index contributed by atoms with van der Waals surface area (Å²) >= 11 is 0. The Morgan fingerprint density at radius 1 is 1.23 bits per heavy atom. The Morgan fingerprint density at radius 2 is 2.03 bits per heavy atom. The number of aromatic nitrogens is 3. The maximum atomic E-state index is 14.1. The molecule has 2 atom stereocenters. The largest absolute Gasteiger partial charge is 0.482 e. The van der Waals surface area contributed by atoms with Crippen molar-refractivity contribution in [1.82, 2.24) is 20.1 Å². The van der Waals surface area contributed by atoms with Crippen molar-refractivity contribution in [2.24, 2.45) is 0 Å². The number of rotatable bonds is 4. The number of hydrogen-bond donors (Lipinski definition) is 2.